The SMILES string of the molecule is OC[C@@H]1C[C@H](F)CN1Cc1nccs1. The maximum absolute atomic E-state index is 13.1. The van der Waals surface area contributed by atoms with E-state index in [1.807, 2.05) is 10.3 Å². The predicted octanol–water partition coefficient (Wildman–Crippen LogP) is 1.05. The van der Waals surface area contributed by atoms with Crippen molar-refractivity contribution in [2.75, 3.05) is 13.2 Å². The molecule has 0 bridgehead atoms. The second-order valence-corrected chi connectivity index (χ2v) is 4.50. The number of aromatic nitrogens is 1. The minimum Gasteiger partial charge on any atom is -0.395 e. The normalized spacial score (nSPS) is 28.4. The first kappa shape index (κ1) is 10.0. The minimum absolute atomic E-state index is 0.0334. The summed E-state index contributed by atoms with van der Waals surface area (Å²) in [4.78, 5) is 6.11. The summed E-state index contributed by atoms with van der Waals surface area (Å²) in [7, 11) is 0. The third kappa shape index (κ3) is 2.10. The van der Waals surface area contributed by atoms with Crippen molar-refractivity contribution in [2.45, 2.75) is 25.2 Å². The van der Waals surface area contributed by atoms with E-state index in [0.717, 1.165) is 5.01 Å². The quantitative estimate of drug-likeness (QED) is 0.820. The molecule has 0 spiro atoms. The third-order valence-electron chi connectivity index (χ3n) is 2.51. The molecule has 1 N–H and O–H groups in total. The van der Waals surface area contributed by atoms with Crippen molar-refractivity contribution in [3.63, 3.8) is 0 Å². The fraction of sp³-hybridized carbons (Fsp3) is 0.667. The Bertz CT molecular complexity index is 280. The van der Waals surface area contributed by atoms with E-state index in [4.69, 9.17) is 5.11 Å². The molecule has 0 saturated carbocycles. The molecule has 2 heterocycles. The average Bonchev–Trinajstić information content (AvgIpc) is 2.76. The van der Waals surface area contributed by atoms with E-state index in [2.05, 4.69) is 4.98 Å². The Labute approximate surface area is 86.2 Å². The number of rotatable bonds is 3. The van der Waals surface area contributed by atoms with Crippen LogP contribution in [0.1, 0.15) is 11.4 Å². The summed E-state index contributed by atoms with van der Waals surface area (Å²) in [5.74, 6) is 0. The lowest BCUT2D eigenvalue weighted by Crippen LogP contribution is -2.31. The summed E-state index contributed by atoms with van der Waals surface area (Å²) < 4.78 is 13.1. The average molecular weight is 216 g/mol. The highest BCUT2D eigenvalue weighted by atomic mass is 32.1. The zero-order valence-electron chi connectivity index (χ0n) is 7.77. The van der Waals surface area contributed by atoms with Crippen LogP contribution in [0.2, 0.25) is 0 Å². The molecule has 0 radical (unpaired) electrons. The first-order valence-electron chi connectivity index (χ1n) is 4.67. The fourth-order valence-electron chi connectivity index (χ4n) is 1.81. The summed E-state index contributed by atoms with van der Waals surface area (Å²) in [5.41, 5.74) is 0. The molecule has 0 unspecified atom stereocenters. The van der Waals surface area contributed by atoms with E-state index >= 15 is 0 Å². The molecule has 1 saturated heterocycles. The van der Waals surface area contributed by atoms with Crippen LogP contribution in [0.3, 0.4) is 0 Å². The highest BCUT2D eigenvalue weighted by Gasteiger charge is 2.31. The lowest BCUT2D eigenvalue weighted by molar-refractivity contribution is 0.153. The van der Waals surface area contributed by atoms with Gasteiger partial charge in [-0.05, 0) is 6.42 Å². The zero-order chi connectivity index (χ0) is 9.97. The molecule has 78 valence electrons. The third-order valence-corrected chi connectivity index (χ3v) is 3.27. The molecule has 1 aromatic heterocycles. The minimum atomic E-state index is -0.799. The summed E-state index contributed by atoms with van der Waals surface area (Å²) in [5, 5.41) is 12.0. The second-order valence-electron chi connectivity index (χ2n) is 3.52. The van der Waals surface area contributed by atoms with Crippen molar-refractivity contribution in [3.8, 4) is 0 Å². The molecule has 2 rings (SSSR count). The van der Waals surface area contributed by atoms with Gasteiger partial charge in [-0.2, -0.15) is 0 Å². The van der Waals surface area contributed by atoms with Crippen LogP contribution in [-0.2, 0) is 6.54 Å². The van der Waals surface area contributed by atoms with E-state index < -0.39 is 6.17 Å². The number of aliphatic hydroxyl groups is 1. The van der Waals surface area contributed by atoms with Crippen LogP contribution >= 0.6 is 11.3 Å². The van der Waals surface area contributed by atoms with Crippen molar-refractivity contribution in [3.05, 3.63) is 16.6 Å². The predicted molar refractivity (Wildman–Crippen MR) is 52.9 cm³/mol. The number of thiazole rings is 1. The van der Waals surface area contributed by atoms with Gasteiger partial charge in [0.1, 0.15) is 11.2 Å². The Morgan fingerprint density at radius 3 is 3.21 bits per heavy atom. The van der Waals surface area contributed by atoms with Gasteiger partial charge >= 0.3 is 0 Å². The van der Waals surface area contributed by atoms with Crippen LogP contribution < -0.4 is 0 Å². The van der Waals surface area contributed by atoms with E-state index in [1.54, 1.807) is 17.5 Å². The molecule has 0 amide bonds. The van der Waals surface area contributed by atoms with E-state index in [1.165, 1.54) is 0 Å². The standard InChI is InChI=1S/C9H13FN2OS/c10-7-3-8(6-13)12(4-7)5-9-11-1-2-14-9/h1-2,7-8,13H,3-6H2/t7-,8-/m0/s1. The number of nitrogens with zero attached hydrogens (tertiary/aromatic N) is 2. The van der Waals surface area contributed by atoms with Gasteiger partial charge in [-0.3, -0.25) is 4.90 Å². The van der Waals surface area contributed by atoms with Gasteiger partial charge in [-0.1, -0.05) is 0 Å². The molecular formula is C9H13FN2OS. The van der Waals surface area contributed by atoms with Gasteiger partial charge in [0.25, 0.3) is 0 Å². The largest absolute Gasteiger partial charge is 0.395 e. The monoisotopic (exact) mass is 216 g/mol. The highest BCUT2D eigenvalue weighted by Crippen LogP contribution is 2.22. The number of hydrogen-bond donors (Lipinski definition) is 1. The number of likely N-dealkylation sites (tertiary alicyclic amines) is 1. The number of aliphatic hydroxyl groups excluding tert-OH is 1. The van der Waals surface area contributed by atoms with Crippen LogP contribution in [0.25, 0.3) is 0 Å². The Hall–Kier alpha value is -0.520. The van der Waals surface area contributed by atoms with Crippen LogP contribution in [0.4, 0.5) is 4.39 Å². The van der Waals surface area contributed by atoms with Gasteiger partial charge in [0.05, 0.1) is 13.2 Å². The first-order chi connectivity index (χ1) is 6.79. The summed E-state index contributed by atoms with van der Waals surface area (Å²) in [6.07, 6.45) is 1.39. The molecular weight excluding hydrogens is 203 g/mol. The lowest BCUT2D eigenvalue weighted by atomic mass is 10.2. The Kier molecular flexibility index (Phi) is 3.10. The second kappa shape index (κ2) is 4.33. The molecule has 5 heteroatoms. The van der Waals surface area contributed by atoms with Crippen molar-refractivity contribution in [1.29, 1.82) is 0 Å². The number of hydrogen-bond acceptors (Lipinski definition) is 4. The molecule has 2 atom stereocenters. The lowest BCUT2D eigenvalue weighted by Gasteiger charge is -2.20. The van der Waals surface area contributed by atoms with Gasteiger partial charge in [-0.15, -0.1) is 11.3 Å². The van der Waals surface area contributed by atoms with Crippen LogP contribution in [0.5, 0.6) is 0 Å². The van der Waals surface area contributed by atoms with Crippen molar-refractivity contribution in [1.82, 2.24) is 9.88 Å². The van der Waals surface area contributed by atoms with Crippen molar-refractivity contribution in [2.24, 2.45) is 0 Å². The van der Waals surface area contributed by atoms with Crippen molar-refractivity contribution < 1.29 is 9.50 Å². The zero-order valence-corrected chi connectivity index (χ0v) is 8.58. The van der Waals surface area contributed by atoms with Crippen LogP contribution in [0.15, 0.2) is 11.6 Å². The number of halogens is 1. The van der Waals surface area contributed by atoms with Gasteiger partial charge in [0.2, 0.25) is 0 Å². The molecule has 1 aliphatic rings. The first-order valence-corrected chi connectivity index (χ1v) is 5.55. The summed E-state index contributed by atoms with van der Waals surface area (Å²) in [6, 6.07) is -0.0334. The maximum atomic E-state index is 13.1. The van der Waals surface area contributed by atoms with Gasteiger partial charge < -0.3 is 5.11 Å². The van der Waals surface area contributed by atoms with E-state index in [-0.39, 0.29) is 12.6 Å². The molecule has 1 aliphatic heterocycles. The molecule has 0 aliphatic carbocycles. The maximum Gasteiger partial charge on any atom is 0.114 e. The molecule has 3 nitrogen and oxygen atoms in total. The summed E-state index contributed by atoms with van der Waals surface area (Å²) in [6.45, 7) is 1.11. The van der Waals surface area contributed by atoms with Gasteiger partial charge in [-0.25, -0.2) is 9.37 Å². The Morgan fingerprint density at radius 1 is 1.71 bits per heavy atom. The van der Waals surface area contributed by atoms with Gasteiger partial charge in [0.15, 0.2) is 0 Å². The topological polar surface area (TPSA) is 36.4 Å². The smallest absolute Gasteiger partial charge is 0.114 e. The molecule has 1 aromatic rings. The molecule has 0 aromatic carbocycles. The summed E-state index contributed by atoms with van der Waals surface area (Å²) >= 11 is 1.57. The fourth-order valence-corrected chi connectivity index (χ4v) is 2.45. The van der Waals surface area contributed by atoms with Gasteiger partial charge in [0, 0.05) is 24.2 Å². The van der Waals surface area contributed by atoms with E-state index in [9.17, 15) is 4.39 Å². The van der Waals surface area contributed by atoms with E-state index in [0.29, 0.717) is 19.5 Å². The van der Waals surface area contributed by atoms with Crippen molar-refractivity contribution >= 4 is 11.3 Å². The highest BCUT2D eigenvalue weighted by molar-refractivity contribution is 7.09. The number of alkyl halides is 1. The van der Waals surface area contributed by atoms with Crippen LogP contribution in [0, 0.1) is 0 Å². The Balaban J connectivity index is 1.97. The molecule has 14 heavy (non-hydrogen) atoms. The van der Waals surface area contributed by atoms with Crippen LogP contribution in [-0.4, -0.2) is 40.4 Å². The molecule has 1 fully saturated rings. The Morgan fingerprint density at radius 2 is 2.57 bits per heavy atom.